The average molecular weight is 586 g/mol. The molecular formula is C30H18Br2O3. The molecule has 1 heterocycles. The molecule has 0 radical (unpaired) electrons. The third kappa shape index (κ3) is 5.26. The van der Waals surface area contributed by atoms with Crippen LogP contribution in [0.1, 0.15) is 31.8 Å². The van der Waals surface area contributed by atoms with Crippen LogP contribution in [0.2, 0.25) is 0 Å². The summed E-state index contributed by atoms with van der Waals surface area (Å²) in [4.78, 5) is 25.6. The Labute approximate surface area is 219 Å². The number of rotatable bonds is 6. The monoisotopic (exact) mass is 584 g/mol. The van der Waals surface area contributed by atoms with Crippen molar-refractivity contribution in [2.45, 2.75) is 0 Å². The number of allylic oxidation sites excluding steroid dienone is 2. The first-order valence-corrected chi connectivity index (χ1v) is 12.5. The van der Waals surface area contributed by atoms with Crippen molar-refractivity contribution in [1.82, 2.24) is 0 Å². The van der Waals surface area contributed by atoms with Crippen LogP contribution < -0.4 is 0 Å². The molecule has 5 rings (SSSR count). The van der Waals surface area contributed by atoms with E-state index < -0.39 is 0 Å². The fourth-order valence-corrected chi connectivity index (χ4v) is 4.30. The van der Waals surface area contributed by atoms with E-state index in [0.29, 0.717) is 22.3 Å². The van der Waals surface area contributed by atoms with Crippen molar-refractivity contribution >= 4 is 77.5 Å². The largest absolute Gasteiger partial charge is 0.456 e. The van der Waals surface area contributed by atoms with E-state index in [9.17, 15) is 9.59 Å². The van der Waals surface area contributed by atoms with Gasteiger partial charge in [-0.3, -0.25) is 9.59 Å². The number of furan rings is 1. The highest BCUT2D eigenvalue weighted by Gasteiger charge is 2.12. The first-order chi connectivity index (χ1) is 17.0. The second-order valence-electron chi connectivity index (χ2n) is 8.02. The maximum Gasteiger partial charge on any atom is 0.185 e. The smallest absolute Gasteiger partial charge is 0.185 e. The third-order valence-electron chi connectivity index (χ3n) is 5.63. The summed E-state index contributed by atoms with van der Waals surface area (Å²) in [6.45, 7) is 0. The molecule has 5 heteroatoms. The Morgan fingerprint density at radius 1 is 0.571 bits per heavy atom. The van der Waals surface area contributed by atoms with Crippen LogP contribution in [-0.4, -0.2) is 11.6 Å². The van der Waals surface area contributed by atoms with Gasteiger partial charge in [-0.2, -0.15) is 0 Å². The Morgan fingerprint density at radius 3 is 1.37 bits per heavy atom. The number of benzene rings is 4. The van der Waals surface area contributed by atoms with Crippen molar-refractivity contribution in [3.05, 3.63) is 128 Å². The second-order valence-corrected chi connectivity index (χ2v) is 9.85. The van der Waals surface area contributed by atoms with Crippen LogP contribution in [-0.2, 0) is 0 Å². The number of hydrogen-bond donors (Lipinski definition) is 0. The van der Waals surface area contributed by atoms with Gasteiger partial charge >= 0.3 is 0 Å². The molecule has 0 saturated heterocycles. The lowest BCUT2D eigenvalue weighted by molar-refractivity contribution is 0.104. The van der Waals surface area contributed by atoms with E-state index in [1.54, 1.807) is 48.6 Å². The molecule has 0 aliphatic rings. The fourth-order valence-electron chi connectivity index (χ4n) is 3.77. The van der Waals surface area contributed by atoms with Crippen LogP contribution in [0.4, 0.5) is 0 Å². The molecule has 0 unspecified atom stereocenters. The number of carbonyl (C=O) groups is 2. The highest BCUT2D eigenvalue weighted by molar-refractivity contribution is 9.10. The summed E-state index contributed by atoms with van der Waals surface area (Å²) in [5.41, 5.74) is 4.33. The van der Waals surface area contributed by atoms with Crippen molar-refractivity contribution in [1.29, 1.82) is 0 Å². The van der Waals surface area contributed by atoms with E-state index in [2.05, 4.69) is 31.9 Å². The van der Waals surface area contributed by atoms with Gasteiger partial charge in [0.15, 0.2) is 11.6 Å². The fraction of sp³-hybridized carbons (Fsp3) is 0. The Kier molecular flexibility index (Phi) is 6.62. The van der Waals surface area contributed by atoms with Gasteiger partial charge in [-0.25, -0.2) is 0 Å². The maximum atomic E-state index is 12.8. The second kappa shape index (κ2) is 9.98. The van der Waals surface area contributed by atoms with Crippen LogP contribution in [0.25, 0.3) is 34.1 Å². The van der Waals surface area contributed by atoms with Gasteiger partial charge in [0.05, 0.1) is 0 Å². The van der Waals surface area contributed by atoms with Crippen LogP contribution in [0.3, 0.4) is 0 Å². The van der Waals surface area contributed by atoms with Gasteiger partial charge in [-0.1, -0.05) is 68.3 Å². The Bertz CT molecular complexity index is 1500. The van der Waals surface area contributed by atoms with Gasteiger partial charge in [-0.15, -0.1) is 0 Å². The van der Waals surface area contributed by atoms with Crippen molar-refractivity contribution in [3.8, 4) is 0 Å². The average Bonchev–Trinajstić information content (AvgIpc) is 3.25. The lowest BCUT2D eigenvalue weighted by Gasteiger charge is -1.99. The summed E-state index contributed by atoms with van der Waals surface area (Å²) < 4.78 is 7.91. The van der Waals surface area contributed by atoms with Gasteiger partial charge in [0.1, 0.15) is 11.2 Å². The SMILES string of the molecule is O=C(/C=C\c1ccc(Br)cc1)c1ccc2oc3ccc(C(=O)/C=C\c4ccc(Br)cc4)cc3c2c1. The predicted molar refractivity (Wildman–Crippen MR) is 149 cm³/mol. The molecule has 5 aromatic rings. The molecular weight excluding hydrogens is 568 g/mol. The predicted octanol–water partition coefficient (Wildman–Crippen LogP) is 8.90. The van der Waals surface area contributed by atoms with Crippen molar-refractivity contribution in [2.24, 2.45) is 0 Å². The minimum Gasteiger partial charge on any atom is -0.456 e. The summed E-state index contributed by atoms with van der Waals surface area (Å²) >= 11 is 6.82. The lowest BCUT2D eigenvalue weighted by atomic mass is 10.0. The van der Waals surface area contributed by atoms with Crippen molar-refractivity contribution in [2.75, 3.05) is 0 Å². The zero-order chi connectivity index (χ0) is 24.4. The zero-order valence-electron chi connectivity index (χ0n) is 18.4. The van der Waals surface area contributed by atoms with Crippen LogP contribution in [0.5, 0.6) is 0 Å². The number of carbonyl (C=O) groups excluding carboxylic acids is 2. The van der Waals surface area contributed by atoms with Crippen molar-refractivity contribution < 1.29 is 14.0 Å². The molecule has 0 aliphatic heterocycles. The van der Waals surface area contributed by atoms with E-state index in [1.807, 2.05) is 60.7 Å². The minimum absolute atomic E-state index is 0.103. The Hall–Kier alpha value is -3.54. The van der Waals surface area contributed by atoms with Gasteiger partial charge in [0, 0.05) is 30.8 Å². The van der Waals surface area contributed by atoms with Crippen molar-refractivity contribution in [3.63, 3.8) is 0 Å². The summed E-state index contributed by atoms with van der Waals surface area (Å²) in [7, 11) is 0. The summed E-state index contributed by atoms with van der Waals surface area (Å²) in [6, 6.07) is 26.2. The molecule has 0 N–H and O–H groups in total. The Morgan fingerprint density at radius 2 is 0.971 bits per heavy atom. The molecule has 3 nitrogen and oxygen atoms in total. The van der Waals surface area contributed by atoms with Gasteiger partial charge in [0.25, 0.3) is 0 Å². The molecule has 1 aromatic heterocycles. The normalized spacial score (nSPS) is 11.7. The van der Waals surface area contributed by atoms with Crippen LogP contribution in [0, 0.1) is 0 Å². The Balaban J connectivity index is 1.43. The number of hydrogen-bond acceptors (Lipinski definition) is 3. The summed E-state index contributed by atoms with van der Waals surface area (Å²) in [5, 5.41) is 1.60. The van der Waals surface area contributed by atoms with Gasteiger partial charge in [-0.05, 0) is 83.9 Å². The first kappa shape index (κ1) is 23.2. The van der Waals surface area contributed by atoms with E-state index in [4.69, 9.17) is 4.42 Å². The molecule has 4 aromatic carbocycles. The molecule has 0 amide bonds. The molecule has 0 fully saturated rings. The zero-order valence-corrected chi connectivity index (χ0v) is 21.5. The molecule has 0 spiro atoms. The summed E-state index contributed by atoms with van der Waals surface area (Å²) in [5.74, 6) is -0.206. The van der Waals surface area contributed by atoms with Crippen LogP contribution >= 0.6 is 31.9 Å². The maximum absolute atomic E-state index is 12.8. The van der Waals surface area contributed by atoms with E-state index in [1.165, 1.54) is 0 Å². The van der Waals surface area contributed by atoms with Gasteiger partial charge in [0.2, 0.25) is 0 Å². The minimum atomic E-state index is -0.103. The molecule has 0 saturated carbocycles. The van der Waals surface area contributed by atoms with E-state index >= 15 is 0 Å². The highest BCUT2D eigenvalue weighted by Crippen LogP contribution is 2.31. The number of ketones is 2. The van der Waals surface area contributed by atoms with Crippen LogP contribution in [0.15, 0.2) is 110 Å². The third-order valence-corrected chi connectivity index (χ3v) is 6.69. The molecule has 35 heavy (non-hydrogen) atoms. The highest BCUT2D eigenvalue weighted by atomic mass is 79.9. The molecule has 0 atom stereocenters. The summed E-state index contributed by atoms with van der Waals surface area (Å²) in [6.07, 6.45) is 6.71. The standard InChI is InChI=1S/C30H18Br2O3/c31-23-9-1-19(2-10-23)5-13-27(33)21-7-15-29-25(17-21)26-18-22(8-16-30(26)35-29)28(34)14-6-20-3-11-24(32)12-4-20/h1-18H/b13-5-,14-6-. The topological polar surface area (TPSA) is 47.3 Å². The lowest BCUT2D eigenvalue weighted by Crippen LogP contribution is -1.94. The quantitative estimate of drug-likeness (QED) is 0.148. The van der Waals surface area contributed by atoms with E-state index in [-0.39, 0.29) is 11.6 Å². The molecule has 0 aliphatic carbocycles. The van der Waals surface area contributed by atoms with Gasteiger partial charge < -0.3 is 4.42 Å². The molecule has 0 bridgehead atoms. The number of fused-ring (bicyclic) bond motifs is 3. The first-order valence-electron chi connectivity index (χ1n) is 10.9. The molecule has 170 valence electrons. The number of halogens is 2. The van der Waals surface area contributed by atoms with E-state index in [0.717, 1.165) is 30.8 Å².